The number of carbonyl (C=O) groups is 2. The van der Waals surface area contributed by atoms with E-state index in [4.69, 9.17) is 14.2 Å². The Labute approximate surface area is 201 Å². The summed E-state index contributed by atoms with van der Waals surface area (Å²) in [5.41, 5.74) is 0.239. The number of carbonyl (C=O) groups excluding carboxylic acids is 2. The molecule has 2 aromatic carbocycles. The van der Waals surface area contributed by atoms with Gasteiger partial charge in [-0.2, -0.15) is 4.98 Å². The van der Waals surface area contributed by atoms with Gasteiger partial charge in [-0.25, -0.2) is 27.7 Å². The third-order valence-corrected chi connectivity index (χ3v) is 5.64. The first kappa shape index (κ1) is 25.2. The zero-order valence-corrected chi connectivity index (χ0v) is 19.8. The minimum absolute atomic E-state index is 0.0635. The van der Waals surface area contributed by atoms with Gasteiger partial charge in [0, 0.05) is 18.3 Å². The lowest BCUT2D eigenvalue weighted by atomic mass is 10.1. The average molecular weight is 503 g/mol. The van der Waals surface area contributed by atoms with Gasteiger partial charge in [0.25, 0.3) is 0 Å². The van der Waals surface area contributed by atoms with Crippen LogP contribution in [0.3, 0.4) is 0 Å². The number of methoxy groups -OCH3 is 3. The molecule has 0 aliphatic carbocycles. The highest BCUT2D eigenvalue weighted by atomic mass is 32.2. The van der Waals surface area contributed by atoms with Crippen molar-refractivity contribution < 1.29 is 37.0 Å². The SMILES string of the molecule is COC(=O)c1ccccc1CS(=O)(=O)NC(=O)Nc1nccc(Oc2ccc(OC)cc2OC)n1. The molecular formula is C22H22N4O8S. The Morgan fingerprint density at radius 2 is 1.74 bits per heavy atom. The predicted octanol–water partition coefficient (Wildman–Crippen LogP) is 2.72. The van der Waals surface area contributed by atoms with Crippen LogP contribution in [0.2, 0.25) is 0 Å². The Hall–Kier alpha value is -4.39. The summed E-state index contributed by atoms with van der Waals surface area (Å²) in [4.78, 5) is 32.1. The number of amides is 2. The quantitative estimate of drug-likeness (QED) is 0.417. The molecule has 12 nitrogen and oxygen atoms in total. The molecule has 184 valence electrons. The zero-order chi connectivity index (χ0) is 25.4. The number of hydrogen-bond donors (Lipinski definition) is 2. The monoisotopic (exact) mass is 502 g/mol. The van der Waals surface area contributed by atoms with Gasteiger partial charge in [0.2, 0.25) is 21.9 Å². The number of anilines is 1. The Morgan fingerprint density at radius 3 is 2.46 bits per heavy atom. The Balaban J connectivity index is 1.68. The summed E-state index contributed by atoms with van der Waals surface area (Å²) in [5.74, 6) is -0.202. The van der Waals surface area contributed by atoms with Crippen LogP contribution in [0.4, 0.5) is 10.7 Å². The molecule has 0 spiro atoms. The topological polar surface area (TPSA) is 155 Å². The van der Waals surface area contributed by atoms with Gasteiger partial charge in [0.05, 0.1) is 32.6 Å². The second-order valence-corrected chi connectivity index (χ2v) is 8.52. The highest BCUT2D eigenvalue weighted by Gasteiger charge is 2.21. The van der Waals surface area contributed by atoms with E-state index in [-0.39, 0.29) is 23.0 Å². The fourth-order valence-electron chi connectivity index (χ4n) is 2.90. The van der Waals surface area contributed by atoms with Gasteiger partial charge in [0.15, 0.2) is 11.5 Å². The van der Waals surface area contributed by atoms with Gasteiger partial charge in [0.1, 0.15) is 5.75 Å². The van der Waals surface area contributed by atoms with Crippen LogP contribution >= 0.6 is 0 Å². The summed E-state index contributed by atoms with van der Waals surface area (Å²) in [7, 11) is -0.0192. The van der Waals surface area contributed by atoms with Gasteiger partial charge in [-0.05, 0) is 23.8 Å². The number of aromatic nitrogens is 2. The van der Waals surface area contributed by atoms with Crippen molar-refractivity contribution in [1.82, 2.24) is 14.7 Å². The van der Waals surface area contributed by atoms with Crippen LogP contribution < -0.4 is 24.2 Å². The van der Waals surface area contributed by atoms with Crippen molar-refractivity contribution in [2.24, 2.45) is 0 Å². The molecule has 0 radical (unpaired) electrons. The number of ether oxygens (including phenoxy) is 4. The van der Waals surface area contributed by atoms with Crippen LogP contribution in [0.5, 0.6) is 23.1 Å². The van der Waals surface area contributed by atoms with Crippen LogP contribution in [0.25, 0.3) is 0 Å². The van der Waals surface area contributed by atoms with E-state index in [0.717, 1.165) is 0 Å². The van der Waals surface area contributed by atoms with Gasteiger partial charge >= 0.3 is 12.0 Å². The molecule has 2 amide bonds. The molecule has 0 bridgehead atoms. The third-order valence-electron chi connectivity index (χ3n) is 4.46. The van der Waals surface area contributed by atoms with E-state index in [2.05, 4.69) is 20.0 Å². The predicted molar refractivity (Wildman–Crippen MR) is 124 cm³/mol. The summed E-state index contributed by atoms with van der Waals surface area (Å²) in [5, 5.41) is 2.23. The van der Waals surface area contributed by atoms with E-state index in [9.17, 15) is 18.0 Å². The molecule has 0 fully saturated rings. The third kappa shape index (κ3) is 6.80. The highest BCUT2D eigenvalue weighted by Crippen LogP contribution is 2.34. The van der Waals surface area contributed by atoms with Gasteiger partial charge in [-0.15, -0.1) is 0 Å². The maximum Gasteiger partial charge on any atom is 0.338 e. The smallest absolute Gasteiger partial charge is 0.338 e. The molecular weight excluding hydrogens is 480 g/mol. The van der Waals surface area contributed by atoms with Crippen molar-refractivity contribution >= 4 is 28.0 Å². The first-order chi connectivity index (χ1) is 16.7. The van der Waals surface area contributed by atoms with E-state index in [1.165, 1.54) is 45.7 Å². The van der Waals surface area contributed by atoms with E-state index >= 15 is 0 Å². The lowest BCUT2D eigenvalue weighted by Gasteiger charge is -2.12. The molecule has 0 saturated carbocycles. The number of rotatable bonds is 9. The fourth-order valence-corrected chi connectivity index (χ4v) is 3.96. The maximum atomic E-state index is 12.5. The Bertz CT molecular complexity index is 1330. The van der Waals surface area contributed by atoms with Crippen molar-refractivity contribution in [1.29, 1.82) is 0 Å². The van der Waals surface area contributed by atoms with Gasteiger partial charge in [-0.1, -0.05) is 18.2 Å². The molecule has 1 heterocycles. The molecule has 0 unspecified atom stereocenters. The average Bonchev–Trinajstić information content (AvgIpc) is 2.83. The number of nitrogens with zero attached hydrogens (tertiary/aromatic N) is 2. The summed E-state index contributed by atoms with van der Waals surface area (Å²) in [6.07, 6.45) is 1.31. The number of nitrogens with one attached hydrogen (secondary N) is 2. The molecule has 1 aromatic heterocycles. The Morgan fingerprint density at radius 1 is 0.971 bits per heavy atom. The second-order valence-electron chi connectivity index (χ2n) is 6.80. The fraction of sp³-hybridized carbons (Fsp3) is 0.182. The minimum atomic E-state index is -4.18. The molecule has 3 aromatic rings. The van der Waals surface area contributed by atoms with Crippen LogP contribution in [-0.4, -0.2) is 51.7 Å². The van der Waals surface area contributed by atoms with E-state index < -0.39 is 27.8 Å². The molecule has 0 saturated heterocycles. The van der Waals surface area contributed by atoms with Crippen LogP contribution in [0.1, 0.15) is 15.9 Å². The molecule has 0 aliphatic rings. The number of hydrogen-bond acceptors (Lipinski definition) is 10. The molecule has 3 rings (SSSR count). The largest absolute Gasteiger partial charge is 0.497 e. The molecule has 35 heavy (non-hydrogen) atoms. The van der Waals surface area contributed by atoms with Gasteiger partial charge in [-0.3, -0.25) is 5.32 Å². The zero-order valence-electron chi connectivity index (χ0n) is 19.0. The number of urea groups is 1. The lowest BCUT2D eigenvalue weighted by molar-refractivity contribution is 0.0600. The van der Waals surface area contributed by atoms with Crippen molar-refractivity contribution in [3.63, 3.8) is 0 Å². The van der Waals surface area contributed by atoms with Crippen LogP contribution in [0, 0.1) is 0 Å². The van der Waals surface area contributed by atoms with E-state index in [1.807, 2.05) is 4.72 Å². The number of esters is 1. The highest BCUT2D eigenvalue weighted by molar-refractivity contribution is 7.89. The number of sulfonamides is 1. The Kier molecular flexibility index (Phi) is 8.04. The first-order valence-electron chi connectivity index (χ1n) is 9.95. The minimum Gasteiger partial charge on any atom is -0.497 e. The molecule has 0 atom stereocenters. The molecule has 2 N–H and O–H groups in total. The number of benzene rings is 2. The van der Waals surface area contributed by atoms with Gasteiger partial charge < -0.3 is 18.9 Å². The van der Waals surface area contributed by atoms with E-state index in [0.29, 0.717) is 17.2 Å². The lowest BCUT2D eigenvalue weighted by Crippen LogP contribution is -2.35. The second kappa shape index (κ2) is 11.2. The van der Waals surface area contributed by atoms with Crippen LogP contribution in [0.15, 0.2) is 54.7 Å². The molecule has 13 heteroatoms. The van der Waals surface area contributed by atoms with E-state index in [1.54, 1.807) is 30.3 Å². The summed E-state index contributed by atoms with van der Waals surface area (Å²) >= 11 is 0. The molecule has 0 aliphatic heterocycles. The van der Waals surface area contributed by atoms with Crippen molar-refractivity contribution in [2.75, 3.05) is 26.6 Å². The standard InChI is InChI=1S/C22H22N4O8S/c1-31-15-8-9-17(18(12-15)32-2)34-19-10-11-23-21(24-19)25-22(28)26-35(29,30)13-14-6-4-5-7-16(14)20(27)33-3/h4-12H,13H2,1-3H3,(H2,23,24,25,26,28). The van der Waals surface area contributed by atoms with Crippen molar-refractivity contribution in [3.05, 3.63) is 65.9 Å². The maximum absolute atomic E-state index is 12.5. The van der Waals surface area contributed by atoms with Crippen molar-refractivity contribution in [3.8, 4) is 23.1 Å². The van der Waals surface area contributed by atoms with Crippen molar-refractivity contribution in [2.45, 2.75) is 5.75 Å². The summed E-state index contributed by atoms with van der Waals surface area (Å²) < 4.78 is 47.6. The van der Waals surface area contributed by atoms with Crippen LogP contribution in [-0.2, 0) is 20.5 Å². The first-order valence-corrected chi connectivity index (χ1v) is 11.6. The summed E-state index contributed by atoms with van der Waals surface area (Å²) in [6.45, 7) is 0. The normalized spacial score (nSPS) is 10.7. The summed E-state index contributed by atoms with van der Waals surface area (Å²) in [6, 6.07) is 11.2.